The van der Waals surface area contributed by atoms with Crippen LogP contribution >= 0.6 is 0 Å². The summed E-state index contributed by atoms with van der Waals surface area (Å²) in [6, 6.07) is 13.9. The monoisotopic (exact) mass is 336 g/mol. The summed E-state index contributed by atoms with van der Waals surface area (Å²) in [4.78, 5) is 6.64. The van der Waals surface area contributed by atoms with Gasteiger partial charge in [-0.05, 0) is 54.3 Å². The van der Waals surface area contributed by atoms with E-state index in [1.807, 2.05) is 17.1 Å². The highest BCUT2D eigenvalue weighted by Crippen LogP contribution is 2.30. The molecule has 0 N–H and O–H groups in total. The average molecular weight is 336 g/mol. The van der Waals surface area contributed by atoms with Gasteiger partial charge in [-0.2, -0.15) is 5.10 Å². The molecule has 130 valence electrons. The summed E-state index contributed by atoms with van der Waals surface area (Å²) >= 11 is 0. The van der Waals surface area contributed by atoms with Crippen molar-refractivity contribution in [1.82, 2.24) is 19.7 Å². The lowest BCUT2D eigenvalue weighted by molar-refractivity contribution is 0.139. The van der Waals surface area contributed by atoms with Gasteiger partial charge in [-0.1, -0.05) is 18.2 Å². The fourth-order valence-corrected chi connectivity index (χ4v) is 3.78. The van der Waals surface area contributed by atoms with Crippen LogP contribution in [0.2, 0.25) is 0 Å². The summed E-state index contributed by atoms with van der Waals surface area (Å²) < 4.78 is 7.32. The zero-order valence-electron chi connectivity index (χ0n) is 14.8. The number of hydrogen-bond donors (Lipinski definition) is 0. The Bertz CT molecular complexity index is 838. The lowest BCUT2D eigenvalue weighted by Crippen LogP contribution is -2.36. The second-order valence-corrected chi connectivity index (χ2v) is 6.79. The zero-order chi connectivity index (χ0) is 17.2. The molecule has 4 rings (SSSR count). The lowest BCUT2D eigenvalue weighted by Gasteiger charge is -2.36. The third-order valence-electron chi connectivity index (χ3n) is 5.41. The second-order valence-electron chi connectivity index (χ2n) is 6.79. The van der Waals surface area contributed by atoms with E-state index in [-0.39, 0.29) is 0 Å². The summed E-state index contributed by atoms with van der Waals surface area (Å²) in [6.07, 6.45) is 5.71. The molecule has 0 bridgehead atoms. The molecule has 1 aliphatic rings. The van der Waals surface area contributed by atoms with Gasteiger partial charge in [0.2, 0.25) is 0 Å². The van der Waals surface area contributed by atoms with E-state index in [0.717, 1.165) is 31.7 Å². The standard InChI is InChI=1S/C20H24N4O/c1-15(23-9-7-19(8-10-23)24-14-21-13-22-24)16-3-4-18-12-20(25-2)6-5-17(18)11-16/h3-6,11-15,19H,7-10H2,1-2H3/t15-/m0/s1. The van der Waals surface area contributed by atoms with Crippen LogP contribution in [0.25, 0.3) is 10.8 Å². The van der Waals surface area contributed by atoms with Crippen molar-refractivity contribution in [3.63, 3.8) is 0 Å². The third-order valence-corrected chi connectivity index (χ3v) is 5.41. The van der Waals surface area contributed by atoms with Crippen LogP contribution in [0, 0.1) is 0 Å². The van der Waals surface area contributed by atoms with Crippen molar-refractivity contribution in [2.75, 3.05) is 20.2 Å². The van der Waals surface area contributed by atoms with Crippen molar-refractivity contribution in [2.24, 2.45) is 0 Å². The molecule has 0 amide bonds. The maximum absolute atomic E-state index is 5.32. The van der Waals surface area contributed by atoms with Gasteiger partial charge < -0.3 is 4.74 Å². The Labute approximate surface area is 148 Å². The van der Waals surface area contributed by atoms with Gasteiger partial charge in [-0.25, -0.2) is 9.67 Å². The van der Waals surface area contributed by atoms with Gasteiger partial charge in [-0.3, -0.25) is 4.90 Å². The molecule has 1 saturated heterocycles. The quantitative estimate of drug-likeness (QED) is 0.726. The van der Waals surface area contributed by atoms with Crippen molar-refractivity contribution < 1.29 is 4.74 Å². The highest BCUT2D eigenvalue weighted by Gasteiger charge is 2.24. The Morgan fingerprint density at radius 3 is 2.56 bits per heavy atom. The Balaban J connectivity index is 1.47. The molecule has 3 aromatic rings. The molecule has 1 fully saturated rings. The van der Waals surface area contributed by atoms with E-state index in [4.69, 9.17) is 4.74 Å². The third kappa shape index (κ3) is 3.24. The van der Waals surface area contributed by atoms with Crippen molar-refractivity contribution in [3.8, 4) is 5.75 Å². The van der Waals surface area contributed by atoms with Crippen LogP contribution in [0.5, 0.6) is 5.75 Å². The van der Waals surface area contributed by atoms with E-state index in [0.29, 0.717) is 12.1 Å². The summed E-state index contributed by atoms with van der Waals surface area (Å²) in [5, 5.41) is 6.78. The van der Waals surface area contributed by atoms with Crippen LogP contribution in [0.3, 0.4) is 0 Å². The molecule has 5 nitrogen and oxygen atoms in total. The van der Waals surface area contributed by atoms with Crippen LogP contribution in [-0.2, 0) is 0 Å². The number of rotatable bonds is 4. The van der Waals surface area contributed by atoms with Gasteiger partial charge in [0.05, 0.1) is 13.2 Å². The first-order chi connectivity index (χ1) is 12.2. The molecule has 0 spiro atoms. The summed E-state index contributed by atoms with van der Waals surface area (Å²) in [5.41, 5.74) is 1.37. The van der Waals surface area contributed by atoms with E-state index in [1.54, 1.807) is 13.4 Å². The molecule has 5 heteroatoms. The summed E-state index contributed by atoms with van der Waals surface area (Å²) in [6.45, 7) is 4.49. The van der Waals surface area contributed by atoms with Gasteiger partial charge >= 0.3 is 0 Å². The largest absolute Gasteiger partial charge is 0.497 e. The van der Waals surface area contributed by atoms with Gasteiger partial charge in [0.15, 0.2) is 0 Å². The predicted molar refractivity (Wildman–Crippen MR) is 98.8 cm³/mol. The zero-order valence-corrected chi connectivity index (χ0v) is 14.8. The van der Waals surface area contributed by atoms with E-state index >= 15 is 0 Å². The number of aromatic nitrogens is 3. The molecule has 1 aliphatic heterocycles. The number of hydrogen-bond acceptors (Lipinski definition) is 4. The smallest absolute Gasteiger partial charge is 0.137 e. The average Bonchev–Trinajstić information content (AvgIpc) is 3.21. The van der Waals surface area contributed by atoms with Crippen LogP contribution < -0.4 is 4.74 Å². The molecular weight excluding hydrogens is 312 g/mol. The van der Waals surface area contributed by atoms with Gasteiger partial charge in [0.25, 0.3) is 0 Å². The second kappa shape index (κ2) is 6.84. The van der Waals surface area contributed by atoms with Gasteiger partial charge in [0.1, 0.15) is 18.4 Å². The fourth-order valence-electron chi connectivity index (χ4n) is 3.78. The molecule has 1 atom stereocenters. The molecule has 2 aromatic carbocycles. The molecule has 0 radical (unpaired) electrons. The highest BCUT2D eigenvalue weighted by atomic mass is 16.5. The van der Waals surface area contributed by atoms with Crippen molar-refractivity contribution in [2.45, 2.75) is 31.8 Å². The Kier molecular flexibility index (Phi) is 4.40. The topological polar surface area (TPSA) is 43.2 Å². The highest BCUT2D eigenvalue weighted by molar-refractivity contribution is 5.84. The van der Waals surface area contributed by atoms with Crippen molar-refractivity contribution in [3.05, 3.63) is 54.6 Å². The molecule has 2 heterocycles. The van der Waals surface area contributed by atoms with E-state index in [9.17, 15) is 0 Å². The first-order valence-corrected chi connectivity index (χ1v) is 8.90. The van der Waals surface area contributed by atoms with Gasteiger partial charge in [0, 0.05) is 19.1 Å². The number of methoxy groups -OCH3 is 1. The molecule has 0 saturated carbocycles. The number of likely N-dealkylation sites (tertiary alicyclic amines) is 1. The summed E-state index contributed by atoms with van der Waals surface area (Å²) in [5.74, 6) is 0.906. The minimum Gasteiger partial charge on any atom is -0.497 e. The molecule has 1 aromatic heterocycles. The normalized spacial score (nSPS) is 17.7. The molecule has 0 aliphatic carbocycles. The van der Waals surface area contributed by atoms with Gasteiger partial charge in [-0.15, -0.1) is 0 Å². The Morgan fingerprint density at radius 1 is 1.08 bits per heavy atom. The molecular formula is C20H24N4O. The minimum atomic E-state index is 0.420. The van der Waals surface area contributed by atoms with Crippen LogP contribution in [0.4, 0.5) is 0 Å². The summed E-state index contributed by atoms with van der Waals surface area (Å²) in [7, 11) is 1.71. The van der Waals surface area contributed by atoms with E-state index < -0.39 is 0 Å². The van der Waals surface area contributed by atoms with Crippen molar-refractivity contribution in [1.29, 1.82) is 0 Å². The molecule has 0 unspecified atom stereocenters. The SMILES string of the molecule is COc1ccc2cc([C@H](C)N3CCC(n4cncn4)CC3)ccc2c1. The minimum absolute atomic E-state index is 0.420. The lowest BCUT2D eigenvalue weighted by atomic mass is 9.98. The van der Waals surface area contributed by atoms with Crippen LogP contribution in [0.1, 0.15) is 37.4 Å². The number of benzene rings is 2. The first-order valence-electron chi connectivity index (χ1n) is 8.90. The predicted octanol–water partition coefficient (Wildman–Crippen LogP) is 3.84. The fraction of sp³-hybridized carbons (Fsp3) is 0.400. The van der Waals surface area contributed by atoms with Crippen LogP contribution in [-0.4, -0.2) is 39.9 Å². The number of ether oxygens (including phenoxy) is 1. The Morgan fingerprint density at radius 2 is 1.84 bits per heavy atom. The maximum atomic E-state index is 5.32. The van der Waals surface area contributed by atoms with Crippen LogP contribution in [0.15, 0.2) is 49.1 Å². The van der Waals surface area contributed by atoms with E-state index in [1.165, 1.54) is 16.3 Å². The van der Waals surface area contributed by atoms with E-state index in [2.05, 4.69) is 52.2 Å². The Hall–Kier alpha value is -2.40. The number of fused-ring (bicyclic) bond motifs is 1. The molecule has 25 heavy (non-hydrogen) atoms. The first kappa shape index (κ1) is 16.1. The van der Waals surface area contributed by atoms with Crippen molar-refractivity contribution >= 4 is 10.8 Å². The maximum Gasteiger partial charge on any atom is 0.137 e. The number of nitrogens with zero attached hydrogens (tertiary/aromatic N) is 4. The number of piperidine rings is 1.